The summed E-state index contributed by atoms with van der Waals surface area (Å²) in [6.45, 7) is 2.38. The Balaban J connectivity index is 2.02. The number of halogens is 1. The minimum absolute atomic E-state index is 0.0315. The smallest absolute Gasteiger partial charge is 0.246 e. The van der Waals surface area contributed by atoms with E-state index in [4.69, 9.17) is 11.6 Å². The van der Waals surface area contributed by atoms with E-state index in [9.17, 15) is 9.59 Å². The first-order chi connectivity index (χ1) is 10.1. The van der Waals surface area contributed by atoms with Crippen LogP contribution in [-0.2, 0) is 16.1 Å². The van der Waals surface area contributed by atoms with E-state index in [1.54, 1.807) is 12.1 Å². The lowest BCUT2D eigenvalue weighted by Crippen LogP contribution is -2.57. The summed E-state index contributed by atoms with van der Waals surface area (Å²) in [6, 6.07) is 7.36. The van der Waals surface area contributed by atoms with Gasteiger partial charge in [-0.2, -0.15) is 0 Å². The van der Waals surface area contributed by atoms with Gasteiger partial charge in [0.05, 0.1) is 0 Å². The third kappa shape index (κ3) is 3.97. The van der Waals surface area contributed by atoms with Crippen LogP contribution in [0.3, 0.4) is 0 Å². The maximum Gasteiger partial charge on any atom is 0.246 e. The van der Waals surface area contributed by atoms with Crippen molar-refractivity contribution in [2.75, 3.05) is 0 Å². The van der Waals surface area contributed by atoms with Gasteiger partial charge in [-0.05, 0) is 37.0 Å². The topological polar surface area (TPSA) is 58.2 Å². The van der Waals surface area contributed by atoms with Crippen LogP contribution < -0.4 is 10.6 Å². The highest BCUT2D eigenvalue weighted by molar-refractivity contribution is 6.30. The van der Waals surface area contributed by atoms with Crippen LogP contribution in [0.25, 0.3) is 0 Å². The maximum atomic E-state index is 12.5. The number of carbonyl (C=O) groups excluding carboxylic acids is 2. The zero-order chi connectivity index (χ0) is 15.3. The molecular weight excluding hydrogens is 288 g/mol. The normalized spacial score (nSPS) is 22.3. The van der Waals surface area contributed by atoms with Crippen LogP contribution in [0, 0.1) is 0 Å². The fraction of sp³-hybridized carbons (Fsp3) is 0.500. The van der Waals surface area contributed by atoms with Crippen molar-refractivity contribution in [3.63, 3.8) is 0 Å². The van der Waals surface area contributed by atoms with E-state index in [1.807, 2.05) is 19.1 Å². The van der Waals surface area contributed by atoms with Gasteiger partial charge in [0.2, 0.25) is 11.8 Å². The molecule has 0 radical (unpaired) electrons. The molecule has 2 amide bonds. The van der Waals surface area contributed by atoms with Gasteiger partial charge >= 0.3 is 0 Å². The molecule has 1 unspecified atom stereocenters. The molecule has 0 saturated carbocycles. The molecule has 0 bridgehead atoms. The monoisotopic (exact) mass is 308 g/mol. The van der Waals surface area contributed by atoms with Crippen LogP contribution in [0.1, 0.15) is 44.6 Å². The predicted octanol–water partition coefficient (Wildman–Crippen LogP) is 2.80. The minimum atomic E-state index is -0.764. The highest BCUT2D eigenvalue weighted by Gasteiger charge is 2.38. The van der Waals surface area contributed by atoms with Gasteiger partial charge in [0.25, 0.3) is 0 Å². The minimum Gasteiger partial charge on any atom is -0.350 e. The summed E-state index contributed by atoms with van der Waals surface area (Å²) in [5, 5.41) is 6.52. The van der Waals surface area contributed by atoms with E-state index in [0.29, 0.717) is 30.8 Å². The van der Waals surface area contributed by atoms with E-state index in [1.165, 1.54) is 0 Å². The molecule has 2 rings (SSSR count). The molecule has 1 saturated heterocycles. The van der Waals surface area contributed by atoms with E-state index >= 15 is 0 Å². The summed E-state index contributed by atoms with van der Waals surface area (Å²) in [7, 11) is 0. The van der Waals surface area contributed by atoms with Gasteiger partial charge in [0.15, 0.2) is 0 Å². The molecule has 1 heterocycles. The van der Waals surface area contributed by atoms with Crippen LogP contribution in [-0.4, -0.2) is 17.4 Å². The van der Waals surface area contributed by atoms with Crippen molar-refractivity contribution in [1.82, 2.24) is 10.6 Å². The van der Waals surface area contributed by atoms with Crippen LogP contribution in [0.15, 0.2) is 24.3 Å². The Kier molecular flexibility index (Phi) is 5.23. The molecule has 1 aliphatic rings. The van der Waals surface area contributed by atoms with Crippen molar-refractivity contribution in [2.24, 2.45) is 0 Å². The highest BCUT2D eigenvalue weighted by Crippen LogP contribution is 2.23. The largest absolute Gasteiger partial charge is 0.350 e. The molecule has 1 fully saturated rings. The Morgan fingerprint density at radius 2 is 2.05 bits per heavy atom. The maximum absolute atomic E-state index is 12.5. The highest BCUT2D eigenvalue weighted by atomic mass is 35.5. The second-order valence-corrected chi connectivity index (χ2v) is 5.94. The van der Waals surface area contributed by atoms with E-state index in [2.05, 4.69) is 10.6 Å². The molecular formula is C16H21ClN2O2. The first kappa shape index (κ1) is 15.8. The van der Waals surface area contributed by atoms with E-state index in [-0.39, 0.29) is 11.8 Å². The number of carbonyl (C=O) groups is 2. The van der Waals surface area contributed by atoms with Crippen molar-refractivity contribution < 1.29 is 9.59 Å². The lowest BCUT2D eigenvalue weighted by molar-refractivity contribution is -0.133. The van der Waals surface area contributed by atoms with Gasteiger partial charge in [-0.25, -0.2) is 0 Å². The second-order valence-electron chi connectivity index (χ2n) is 5.50. The molecule has 1 aromatic rings. The summed E-state index contributed by atoms with van der Waals surface area (Å²) in [5.41, 5.74) is 0.221. The van der Waals surface area contributed by atoms with E-state index < -0.39 is 5.54 Å². The van der Waals surface area contributed by atoms with Crippen molar-refractivity contribution in [3.05, 3.63) is 34.9 Å². The van der Waals surface area contributed by atoms with Gasteiger partial charge in [0.1, 0.15) is 5.54 Å². The second kappa shape index (κ2) is 6.94. The quantitative estimate of drug-likeness (QED) is 0.898. The molecule has 1 aliphatic heterocycles. The molecule has 5 heteroatoms. The number of benzene rings is 1. The van der Waals surface area contributed by atoms with Crippen LogP contribution in [0.2, 0.25) is 5.02 Å². The third-order valence-corrected chi connectivity index (χ3v) is 4.29. The fourth-order valence-corrected chi connectivity index (χ4v) is 2.78. The summed E-state index contributed by atoms with van der Waals surface area (Å²) >= 11 is 5.84. The Labute approximate surface area is 130 Å². The number of nitrogens with one attached hydrogen (secondary N) is 2. The number of hydrogen-bond acceptors (Lipinski definition) is 2. The zero-order valence-corrected chi connectivity index (χ0v) is 13.0. The summed E-state index contributed by atoms with van der Waals surface area (Å²) < 4.78 is 0. The SMILES string of the molecule is CCC1(C(=O)NCc2ccc(Cl)cc2)CCCCC(=O)N1. The lowest BCUT2D eigenvalue weighted by atomic mass is 9.89. The van der Waals surface area contributed by atoms with Crippen molar-refractivity contribution in [2.45, 2.75) is 51.1 Å². The number of hydrogen-bond donors (Lipinski definition) is 2. The number of rotatable bonds is 4. The summed E-state index contributed by atoms with van der Waals surface area (Å²) in [4.78, 5) is 24.3. The van der Waals surface area contributed by atoms with Gasteiger partial charge in [-0.15, -0.1) is 0 Å². The van der Waals surface area contributed by atoms with Gasteiger partial charge in [0, 0.05) is 18.0 Å². The van der Waals surface area contributed by atoms with E-state index in [0.717, 1.165) is 18.4 Å². The molecule has 0 aliphatic carbocycles. The van der Waals surface area contributed by atoms with Gasteiger partial charge in [-0.1, -0.05) is 37.1 Å². The average Bonchev–Trinajstić information content (AvgIpc) is 2.68. The Hall–Kier alpha value is -1.55. The van der Waals surface area contributed by atoms with Crippen molar-refractivity contribution in [1.29, 1.82) is 0 Å². The van der Waals surface area contributed by atoms with Crippen LogP contribution in [0.4, 0.5) is 0 Å². The Morgan fingerprint density at radius 1 is 1.33 bits per heavy atom. The van der Waals surface area contributed by atoms with Gasteiger partial charge < -0.3 is 10.6 Å². The molecule has 0 aromatic heterocycles. The average molecular weight is 309 g/mol. The van der Waals surface area contributed by atoms with Crippen molar-refractivity contribution in [3.8, 4) is 0 Å². The van der Waals surface area contributed by atoms with Crippen molar-refractivity contribution >= 4 is 23.4 Å². The zero-order valence-electron chi connectivity index (χ0n) is 12.2. The fourth-order valence-electron chi connectivity index (χ4n) is 2.65. The van der Waals surface area contributed by atoms with Crippen LogP contribution >= 0.6 is 11.6 Å². The number of amides is 2. The summed E-state index contributed by atoms with van der Waals surface area (Å²) in [5.74, 6) is -0.133. The lowest BCUT2D eigenvalue weighted by Gasteiger charge is -2.31. The molecule has 2 N–H and O–H groups in total. The molecule has 4 nitrogen and oxygen atoms in total. The Bertz CT molecular complexity index is 516. The molecule has 1 aromatic carbocycles. The molecule has 1 atom stereocenters. The summed E-state index contributed by atoms with van der Waals surface area (Å²) in [6.07, 6.45) is 3.54. The molecule has 114 valence electrons. The predicted molar refractivity (Wildman–Crippen MR) is 82.9 cm³/mol. The first-order valence-corrected chi connectivity index (χ1v) is 7.77. The first-order valence-electron chi connectivity index (χ1n) is 7.39. The standard InChI is InChI=1S/C16H21ClN2O2/c1-2-16(10-4-3-5-14(20)19-16)15(21)18-11-12-6-8-13(17)9-7-12/h6-9H,2-5,10-11H2,1H3,(H,18,21)(H,19,20). The Morgan fingerprint density at radius 3 is 2.71 bits per heavy atom. The third-order valence-electron chi connectivity index (χ3n) is 4.04. The molecule has 0 spiro atoms. The van der Waals surface area contributed by atoms with Gasteiger partial charge in [-0.3, -0.25) is 9.59 Å². The van der Waals surface area contributed by atoms with Crippen LogP contribution in [0.5, 0.6) is 0 Å². The molecule has 21 heavy (non-hydrogen) atoms.